The molecule has 0 heterocycles. The van der Waals surface area contributed by atoms with Gasteiger partial charge < -0.3 is 0 Å². The van der Waals surface area contributed by atoms with E-state index in [1.54, 1.807) is 0 Å². The van der Waals surface area contributed by atoms with E-state index in [0.717, 1.165) is 12.8 Å². The molecule has 0 bridgehead atoms. The summed E-state index contributed by atoms with van der Waals surface area (Å²) in [6.45, 7) is 18.6. The van der Waals surface area contributed by atoms with Gasteiger partial charge in [-0.3, -0.25) is 0 Å². The molecule has 263 valence electrons. The van der Waals surface area contributed by atoms with Crippen LogP contribution in [0.15, 0.2) is 96.6 Å². The van der Waals surface area contributed by atoms with Gasteiger partial charge in [-0.25, -0.2) is 0 Å². The molecule has 0 fully saturated rings. The Bertz CT molecular complexity index is 1890. The fourth-order valence-electron chi connectivity index (χ4n) is 8.66. The standard InChI is InChI=1S/C25H31.C19H19.C2H7Si.2ClH.Zr/c1-4-6-7-8-10-20-17-23-11-9-12-24(25(23)18-20)22-15-13-21(14-16-22)19(3)5-2;1-19(2,3)16-12-10-15(11-13-16)18-9-5-7-14-6-4-8-17(14)18;1-3-2;;;/h9,11-19H,4-8,10H2,1-3H3;4-13H,1-3H3;3H,1-2H3;2*1H;/q;;;;;+2/p-2. The van der Waals surface area contributed by atoms with Crippen molar-refractivity contribution in [3.8, 4) is 22.3 Å². The van der Waals surface area contributed by atoms with E-state index >= 15 is 0 Å². The Labute approximate surface area is 312 Å². The molecule has 0 saturated carbocycles. The van der Waals surface area contributed by atoms with Crippen molar-refractivity contribution in [2.75, 3.05) is 0 Å². The Hall–Kier alpha value is -1.96. The number of fused-ring (bicyclic) bond motifs is 2. The van der Waals surface area contributed by atoms with Crippen LogP contribution in [0.1, 0.15) is 127 Å². The molecule has 2 aliphatic rings. The van der Waals surface area contributed by atoms with Gasteiger partial charge in [-0.2, -0.15) is 0 Å². The van der Waals surface area contributed by atoms with Crippen molar-refractivity contribution in [2.24, 2.45) is 0 Å². The molecule has 4 aromatic carbocycles. The van der Waals surface area contributed by atoms with Crippen LogP contribution in [0.25, 0.3) is 34.4 Å². The first-order valence-electron chi connectivity index (χ1n) is 19.2. The monoisotopic (exact) mass is 797 g/mol. The van der Waals surface area contributed by atoms with Crippen molar-refractivity contribution in [3.63, 3.8) is 0 Å². The van der Waals surface area contributed by atoms with Gasteiger partial charge in [0, 0.05) is 0 Å². The van der Waals surface area contributed by atoms with E-state index in [4.69, 9.17) is 17.0 Å². The SMILES string of the molecule is CCCCCCC1=Cc2c(-c3ccc(C(C)CC)cc3)cccc2[CH]1[Zr]([Cl])([Cl])([CH]1C=Cc2c(-c3ccc(C(C)(C)C)cc3)cccc21)[SiH](C)C. The van der Waals surface area contributed by atoms with Gasteiger partial charge in [0.1, 0.15) is 0 Å². The predicted octanol–water partition coefficient (Wildman–Crippen LogP) is 15.0. The minimum absolute atomic E-state index is 0.0868. The molecule has 4 aromatic rings. The van der Waals surface area contributed by atoms with Gasteiger partial charge in [0.05, 0.1) is 0 Å². The summed E-state index contributed by atoms with van der Waals surface area (Å²) in [5, 5.41) is 0. The van der Waals surface area contributed by atoms with E-state index in [0.29, 0.717) is 5.92 Å². The third-order valence-corrected chi connectivity index (χ3v) is 64.1. The molecule has 6 rings (SSSR count). The summed E-state index contributed by atoms with van der Waals surface area (Å²) in [7, 11) is 17.2. The molecule has 0 saturated heterocycles. The third-order valence-electron chi connectivity index (χ3n) is 12.1. The molecule has 0 N–H and O–H groups in total. The summed E-state index contributed by atoms with van der Waals surface area (Å²) in [6.07, 6.45) is 14.5. The first kappa shape index (κ1) is 37.8. The number of unbranched alkanes of at least 4 members (excludes halogenated alkanes) is 3. The molecule has 3 atom stereocenters. The zero-order chi connectivity index (χ0) is 35.9. The van der Waals surface area contributed by atoms with E-state index in [-0.39, 0.29) is 12.7 Å². The zero-order valence-corrected chi connectivity index (χ0v) is 36.7. The maximum atomic E-state index is 8.62. The van der Waals surface area contributed by atoms with E-state index in [2.05, 4.69) is 158 Å². The number of allylic oxidation sites excluding steroid dienone is 2. The van der Waals surface area contributed by atoms with Crippen molar-refractivity contribution in [1.29, 1.82) is 0 Å². The van der Waals surface area contributed by atoms with Crippen LogP contribution in [0.5, 0.6) is 0 Å². The second-order valence-corrected chi connectivity index (χ2v) is 59.2. The number of rotatable bonds is 12. The first-order chi connectivity index (χ1) is 23.8. The average Bonchev–Trinajstić information content (AvgIpc) is 3.73. The van der Waals surface area contributed by atoms with Crippen molar-refractivity contribution < 1.29 is 15.6 Å². The molecule has 3 unspecified atom stereocenters. The number of halogens is 2. The van der Waals surface area contributed by atoms with Gasteiger partial charge in [-0.15, -0.1) is 0 Å². The number of hydrogen-bond acceptors (Lipinski definition) is 0. The molecule has 0 aromatic heterocycles. The maximum absolute atomic E-state index is 8.62. The van der Waals surface area contributed by atoms with Gasteiger partial charge in [0.15, 0.2) is 0 Å². The Morgan fingerprint density at radius 1 is 0.740 bits per heavy atom. The average molecular weight is 800 g/mol. The van der Waals surface area contributed by atoms with Gasteiger partial charge in [0.25, 0.3) is 0 Å². The third kappa shape index (κ3) is 6.82. The molecule has 50 heavy (non-hydrogen) atoms. The number of benzene rings is 4. The van der Waals surface area contributed by atoms with Crippen LogP contribution >= 0.6 is 17.0 Å². The summed E-state index contributed by atoms with van der Waals surface area (Å²) >= 11 is -4.76. The topological polar surface area (TPSA) is 0 Å². The van der Waals surface area contributed by atoms with Crippen LogP contribution < -0.4 is 0 Å². The molecule has 0 spiro atoms. The van der Waals surface area contributed by atoms with Crippen LogP contribution in [0.3, 0.4) is 0 Å². The van der Waals surface area contributed by atoms with Crippen molar-refractivity contribution in [2.45, 2.75) is 112 Å². The van der Waals surface area contributed by atoms with Crippen LogP contribution in [-0.4, -0.2) is 5.92 Å². The van der Waals surface area contributed by atoms with Gasteiger partial charge in [0.2, 0.25) is 0 Å². The molecular weight excluding hydrogens is 743 g/mol. The minimum atomic E-state index is -4.76. The zero-order valence-electron chi connectivity index (χ0n) is 31.6. The quantitative estimate of drug-likeness (QED) is 0.0989. The van der Waals surface area contributed by atoms with E-state index in [9.17, 15) is 0 Å². The van der Waals surface area contributed by atoms with E-state index < -0.39 is 21.5 Å². The summed E-state index contributed by atoms with van der Waals surface area (Å²) in [5.74, 6) is -1.04. The van der Waals surface area contributed by atoms with E-state index in [1.807, 2.05) is 0 Å². The molecule has 0 amide bonds. The Balaban J connectivity index is 1.47. The van der Waals surface area contributed by atoms with Gasteiger partial charge in [-0.1, -0.05) is 0 Å². The van der Waals surface area contributed by atoms with Crippen LogP contribution in [-0.2, 0) is 21.0 Å². The van der Waals surface area contributed by atoms with Crippen molar-refractivity contribution >= 4 is 35.1 Å². The molecule has 4 heteroatoms. The summed E-state index contributed by atoms with van der Waals surface area (Å²) in [5.41, 5.74) is 14.9. The number of hydrogen-bond donors (Lipinski definition) is 0. The molecule has 0 radical (unpaired) electrons. The second kappa shape index (κ2) is 14.8. The summed E-state index contributed by atoms with van der Waals surface area (Å²) in [4.78, 5) is 0. The molecule has 0 nitrogen and oxygen atoms in total. The van der Waals surface area contributed by atoms with Crippen molar-refractivity contribution in [1.82, 2.24) is 0 Å². The fraction of sp³-hybridized carbons (Fsp3) is 0.391. The van der Waals surface area contributed by atoms with Crippen LogP contribution in [0, 0.1) is 0 Å². The van der Waals surface area contributed by atoms with Crippen molar-refractivity contribution in [3.05, 3.63) is 130 Å². The Kier molecular flexibility index (Phi) is 11.2. The molecule has 0 aliphatic heterocycles. The van der Waals surface area contributed by atoms with Gasteiger partial charge >= 0.3 is 315 Å². The predicted molar refractivity (Wildman–Crippen MR) is 223 cm³/mol. The van der Waals surface area contributed by atoms with Crippen LogP contribution in [0.2, 0.25) is 13.1 Å². The van der Waals surface area contributed by atoms with Crippen LogP contribution in [0.4, 0.5) is 0 Å². The summed E-state index contributed by atoms with van der Waals surface area (Å²) in [6, 6.07) is 32.3. The molecular formula is C46H57Cl2SiZr. The fourth-order valence-corrected chi connectivity index (χ4v) is 38.1. The summed E-state index contributed by atoms with van der Waals surface area (Å²) < 4.78 is 0.210. The van der Waals surface area contributed by atoms with Gasteiger partial charge in [-0.05, 0) is 0 Å². The second-order valence-electron chi connectivity index (χ2n) is 16.6. The Morgan fingerprint density at radius 2 is 1.34 bits per heavy atom. The normalized spacial score (nSPS) is 18.5. The first-order valence-corrected chi connectivity index (χ1v) is 35.5. The molecule has 2 aliphatic carbocycles. The van der Waals surface area contributed by atoms with E-state index in [1.165, 1.54) is 86.9 Å². The Morgan fingerprint density at radius 3 is 1.92 bits per heavy atom.